The second kappa shape index (κ2) is 8.43. The number of aromatic nitrogens is 3. The number of benzene rings is 2. The number of aryl methyl sites for hydroxylation is 2. The van der Waals surface area contributed by atoms with Crippen LogP contribution in [0.15, 0.2) is 52.9 Å². The summed E-state index contributed by atoms with van der Waals surface area (Å²) in [5.41, 5.74) is 3.11. The first-order valence-corrected chi connectivity index (χ1v) is 11.1. The number of anilines is 1. The van der Waals surface area contributed by atoms with Gasteiger partial charge in [-0.2, -0.15) is 0 Å². The Hall–Kier alpha value is -3.72. The molecule has 8 nitrogen and oxygen atoms in total. The van der Waals surface area contributed by atoms with Gasteiger partial charge in [0.05, 0.1) is 22.9 Å². The Balaban J connectivity index is 1.25. The fourth-order valence-electron chi connectivity index (χ4n) is 3.57. The molecule has 4 aromatic rings. The number of ether oxygens (including phenoxy) is 2. The summed E-state index contributed by atoms with van der Waals surface area (Å²) in [5.74, 6) is 1.19. The van der Waals surface area contributed by atoms with Crippen LogP contribution in [0.25, 0.3) is 22.2 Å². The van der Waals surface area contributed by atoms with Crippen molar-refractivity contribution in [2.45, 2.75) is 19.9 Å². The van der Waals surface area contributed by atoms with Crippen molar-refractivity contribution < 1.29 is 14.3 Å². The second-order valence-corrected chi connectivity index (χ2v) is 8.27. The normalized spacial score (nSPS) is 12.7. The van der Waals surface area contributed by atoms with Crippen LogP contribution in [0.3, 0.4) is 0 Å². The molecule has 0 saturated heterocycles. The van der Waals surface area contributed by atoms with E-state index in [0.717, 1.165) is 22.6 Å². The highest BCUT2D eigenvalue weighted by molar-refractivity contribution is 7.14. The molecule has 0 unspecified atom stereocenters. The number of carbonyl (C=O) groups excluding carboxylic acids is 1. The fraction of sp³-hybridized carbons (Fsp3) is 0.217. The summed E-state index contributed by atoms with van der Waals surface area (Å²) in [6.45, 7) is 3.21. The lowest BCUT2D eigenvalue weighted by Gasteiger charge is -2.18. The van der Waals surface area contributed by atoms with E-state index < -0.39 is 0 Å². The van der Waals surface area contributed by atoms with Crippen molar-refractivity contribution in [2.75, 3.05) is 18.5 Å². The first kappa shape index (κ1) is 20.2. The monoisotopic (exact) mass is 448 g/mol. The predicted octanol–water partition coefficient (Wildman–Crippen LogP) is 3.63. The topological polar surface area (TPSA) is 95.3 Å². The molecule has 1 aliphatic heterocycles. The zero-order valence-electron chi connectivity index (χ0n) is 17.3. The number of carbonyl (C=O) groups is 1. The molecule has 0 radical (unpaired) electrons. The summed E-state index contributed by atoms with van der Waals surface area (Å²) >= 11 is 1.34. The first-order chi connectivity index (χ1) is 15.6. The molecule has 0 atom stereocenters. The van der Waals surface area contributed by atoms with Crippen LogP contribution in [0.5, 0.6) is 11.5 Å². The number of fused-ring (bicyclic) bond motifs is 2. The summed E-state index contributed by atoms with van der Waals surface area (Å²) in [4.78, 5) is 34.0. The number of thiazole rings is 1. The minimum absolute atomic E-state index is 0.137. The van der Waals surface area contributed by atoms with E-state index in [1.807, 2.05) is 42.6 Å². The van der Waals surface area contributed by atoms with Crippen molar-refractivity contribution in [3.63, 3.8) is 0 Å². The molecule has 2 aromatic carbocycles. The number of hydrogen-bond donors (Lipinski definition) is 1. The highest BCUT2D eigenvalue weighted by atomic mass is 32.1. The third kappa shape index (κ3) is 3.94. The van der Waals surface area contributed by atoms with Crippen molar-refractivity contribution in [1.82, 2.24) is 14.5 Å². The maximum absolute atomic E-state index is 12.7. The number of hydrogen-bond acceptors (Lipinski definition) is 7. The standard InChI is InChI=1S/C23H20N4O4S/c1-14-3-2-4-16-21(14)24-13-27(22(16)29)8-7-20(28)26-23-25-17(12-32-23)15-5-6-18-19(11-15)31-10-9-30-18/h2-6,11-13H,7-10H2,1H3,(H,25,26,28). The van der Waals surface area contributed by atoms with Gasteiger partial charge in [0.2, 0.25) is 5.91 Å². The molecule has 0 aliphatic carbocycles. The minimum Gasteiger partial charge on any atom is -0.486 e. The van der Waals surface area contributed by atoms with Crippen molar-refractivity contribution >= 4 is 33.3 Å². The number of para-hydroxylation sites is 1. The molecule has 32 heavy (non-hydrogen) atoms. The second-order valence-electron chi connectivity index (χ2n) is 7.41. The van der Waals surface area contributed by atoms with Crippen LogP contribution >= 0.6 is 11.3 Å². The lowest BCUT2D eigenvalue weighted by atomic mass is 10.1. The van der Waals surface area contributed by atoms with Crippen molar-refractivity contribution in [3.05, 3.63) is 64.0 Å². The molecule has 2 aromatic heterocycles. The highest BCUT2D eigenvalue weighted by Crippen LogP contribution is 2.35. The zero-order chi connectivity index (χ0) is 22.1. The van der Waals surface area contributed by atoms with Gasteiger partial charge in [-0.05, 0) is 36.8 Å². The van der Waals surface area contributed by atoms with Gasteiger partial charge in [0.15, 0.2) is 16.6 Å². The van der Waals surface area contributed by atoms with Gasteiger partial charge < -0.3 is 14.8 Å². The molecule has 3 heterocycles. The van der Waals surface area contributed by atoms with Crippen LogP contribution in [0.1, 0.15) is 12.0 Å². The van der Waals surface area contributed by atoms with Gasteiger partial charge in [-0.3, -0.25) is 14.2 Å². The molecular formula is C23H20N4O4S. The molecule has 1 N–H and O–H groups in total. The van der Waals surface area contributed by atoms with E-state index >= 15 is 0 Å². The van der Waals surface area contributed by atoms with Gasteiger partial charge >= 0.3 is 0 Å². The van der Waals surface area contributed by atoms with Gasteiger partial charge in [-0.1, -0.05) is 12.1 Å². The van der Waals surface area contributed by atoms with Crippen molar-refractivity contribution in [1.29, 1.82) is 0 Å². The molecule has 0 bridgehead atoms. The largest absolute Gasteiger partial charge is 0.486 e. The summed E-state index contributed by atoms with van der Waals surface area (Å²) in [7, 11) is 0. The van der Waals surface area contributed by atoms with Gasteiger partial charge in [-0.15, -0.1) is 11.3 Å². The van der Waals surface area contributed by atoms with E-state index in [-0.39, 0.29) is 24.4 Å². The number of nitrogens with one attached hydrogen (secondary N) is 1. The smallest absolute Gasteiger partial charge is 0.261 e. The Morgan fingerprint density at radius 2 is 2.03 bits per heavy atom. The third-order valence-corrected chi connectivity index (χ3v) is 5.98. The van der Waals surface area contributed by atoms with Crippen LogP contribution in [-0.4, -0.2) is 33.7 Å². The molecular weight excluding hydrogens is 428 g/mol. The van der Waals surface area contributed by atoms with Crippen LogP contribution in [0.2, 0.25) is 0 Å². The summed E-state index contributed by atoms with van der Waals surface area (Å²) in [6, 6.07) is 11.2. The average Bonchev–Trinajstić information content (AvgIpc) is 3.27. The van der Waals surface area contributed by atoms with E-state index in [2.05, 4.69) is 15.3 Å². The van der Waals surface area contributed by atoms with Crippen LogP contribution < -0.4 is 20.3 Å². The van der Waals surface area contributed by atoms with E-state index in [1.165, 1.54) is 22.2 Å². The van der Waals surface area contributed by atoms with Crippen LogP contribution in [0, 0.1) is 6.92 Å². The maximum Gasteiger partial charge on any atom is 0.261 e. The first-order valence-electron chi connectivity index (χ1n) is 10.2. The number of nitrogens with zero attached hydrogens (tertiary/aromatic N) is 3. The Bertz CT molecular complexity index is 1380. The van der Waals surface area contributed by atoms with E-state index in [0.29, 0.717) is 35.0 Å². The Labute approximate surface area is 187 Å². The quantitative estimate of drug-likeness (QED) is 0.501. The Kier molecular flexibility index (Phi) is 5.32. The molecule has 162 valence electrons. The van der Waals surface area contributed by atoms with Gasteiger partial charge in [0.1, 0.15) is 13.2 Å². The number of rotatable bonds is 5. The lowest BCUT2D eigenvalue weighted by molar-refractivity contribution is -0.116. The Morgan fingerprint density at radius 3 is 2.91 bits per heavy atom. The third-order valence-electron chi connectivity index (χ3n) is 5.22. The maximum atomic E-state index is 12.7. The Morgan fingerprint density at radius 1 is 1.19 bits per heavy atom. The summed E-state index contributed by atoms with van der Waals surface area (Å²) < 4.78 is 12.6. The van der Waals surface area contributed by atoms with E-state index in [4.69, 9.17) is 9.47 Å². The van der Waals surface area contributed by atoms with Gasteiger partial charge in [0, 0.05) is 23.9 Å². The summed E-state index contributed by atoms with van der Waals surface area (Å²) in [6.07, 6.45) is 1.63. The van der Waals surface area contributed by atoms with Crippen LogP contribution in [-0.2, 0) is 11.3 Å². The van der Waals surface area contributed by atoms with Crippen molar-refractivity contribution in [2.24, 2.45) is 0 Å². The lowest BCUT2D eigenvalue weighted by Crippen LogP contribution is -2.23. The van der Waals surface area contributed by atoms with Crippen molar-refractivity contribution in [3.8, 4) is 22.8 Å². The fourth-order valence-corrected chi connectivity index (χ4v) is 4.30. The molecule has 0 spiro atoms. The van der Waals surface area contributed by atoms with E-state index in [1.54, 1.807) is 6.07 Å². The van der Waals surface area contributed by atoms with Crippen LogP contribution in [0.4, 0.5) is 5.13 Å². The zero-order valence-corrected chi connectivity index (χ0v) is 18.1. The minimum atomic E-state index is -0.218. The molecule has 1 amide bonds. The molecule has 9 heteroatoms. The molecule has 1 aliphatic rings. The average molecular weight is 449 g/mol. The van der Waals surface area contributed by atoms with E-state index in [9.17, 15) is 9.59 Å². The number of amides is 1. The predicted molar refractivity (Wildman–Crippen MR) is 123 cm³/mol. The molecule has 5 rings (SSSR count). The van der Waals surface area contributed by atoms with Gasteiger partial charge in [-0.25, -0.2) is 9.97 Å². The molecule has 0 saturated carbocycles. The summed E-state index contributed by atoms with van der Waals surface area (Å²) in [5, 5.41) is 5.74. The van der Waals surface area contributed by atoms with Gasteiger partial charge in [0.25, 0.3) is 5.56 Å². The molecule has 0 fully saturated rings. The highest BCUT2D eigenvalue weighted by Gasteiger charge is 2.15. The SMILES string of the molecule is Cc1cccc2c(=O)n(CCC(=O)Nc3nc(-c4ccc5c(c4)OCCO5)cs3)cnc12.